The molecule has 0 saturated heterocycles. The summed E-state index contributed by atoms with van der Waals surface area (Å²) < 4.78 is 33.3. The van der Waals surface area contributed by atoms with Crippen LogP contribution in [0, 0.1) is 0 Å². The van der Waals surface area contributed by atoms with Gasteiger partial charge in [-0.2, -0.15) is 0 Å². The number of fused-ring (bicyclic) bond motifs is 2. The van der Waals surface area contributed by atoms with E-state index >= 15 is 0 Å². The van der Waals surface area contributed by atoms with Crippen LogP contribution in [0.25, 0.3) is 43.8 Å². The largest absolute Gasteiger partial charge is 0.494 e. The Bertz CT molecular complexity index is 2580. The average molecular weight is 911 g/mol. The Kier molecular flexibility index (Phi) is 17.3. The molecule has 0 aliphatic heterocycles. The zero-order valence-corrected chi connectivity index (χ0v) is 38.0. The average Bonchev–Trinajstić information content (AvgIpc) is 3.37. The lowest BCUT2D eigenvalue weighted by Crippen LogP contribution is -2.08. The summed E-state index contributed by atoms with van der Waals surface area (Å²) in [5.74, 6) is 0.456. The van der Waals surface area contributed by atoms with Gasteiger partial charge in [0.05, 0.1) is 37.6 Å². The minimum atomic E-state index is -0.468. The SMILES string of the molecule is C=CC(=O)OCCCCCCOc1ccc(C(=O)Oc2ccc(-c3c4ccccc4c(-c4ccc(OC(=O)c5ccc(OCCCCCCOC(=O)C=C)cc5)cc4)c4ccccc34)cc2)cc1. The molecule has 0 unspecified atom stereocenters. The molecule has 68 heavy (non-hydrogen) atoms. The third-order valence-electron chi connectivity index (χ3n) is 11.3. The monoisotopic (exact) mass is 910 g/mol. The van der Waals surface area contributed by atoms with Crippen molar-refractivity contribution >= 4 is 45.4 Å². The van der Waals surface area contributed by atoms with E-state index in [9.17, 15) is 19.2 Å². The van der Waals surface area contributed by atoms with E-state index < -0.39 is 23.9 Å². The quantitative estimate of drug-likeness (QED) is 0.0190. The molecule has 346 valence electrons. The lowest BCUT2D eigenvalue weighted by Gasteiger charge is -2.18. The number of carbonyl (C=O) groups is 4. The number of benzene rings is 7. The van der Waals surface area contributed by atoms with E-state index in [0.717, 1.165) is 107 Å². The van der Waals surface area contributed by atoms with Crippen molar-refractivity contribution in [2.45, 2.75) is 51.4 Å². The maximum atomic E-state index is 13.1. The fourth-order valence-corrected chi connectivity index (χ4v) is 7.79. The van der Waals surface area contributed by atoms with Gasteiger partial charge in [-0.05, 0) is 168 Å². The minimum absolute atomic E-state index is 0.387. The molecule has 0 saturated carbocycles. The molecule has 7 aromatic rings. The molecular formula is C58H54O10. The van der Waals surface area contributed by atoms with Gasteiger partial charge in [-0.25, -0.2) is 19.2 Å². The highest BCUT2D eigenvalue weighted by Gasteiger charge is 2.18. The zero-order chi connectivity index (χ0) is 47.5. The van der Waals surface area contributed by atoms with Gasteiger partial charge in [-0.3, -0.25) is 0 Å². The number of rotatable bonds is 24. The summed E-state index contributed by atoms with van der Waals surface area (Å²) in [6.45, 7) is 8.64. The molecule has 7 aromatic carbocycles. The summed E-state index contributed by atoms with van der Waals surface area (Å²) in [6.07, 6.45) is 9.39. The first-order valence-electron chi connectivity index (χ1n) is 22.9. The molecule has 7 rings (SSSR count). The van der Waals surface area contributed by atoms with E-state index in [1.807, 2.05) is 72.8 Å². The van der Waals surface area contributed by atoms with Crippen molar-refractivity contribution in [2.75, 3.05) is 26.4 Å². The fraction of sp³-hybridized carbons (Fsp3) is 0.207. The van der Waals surface area contributed by atoms with Crippen molar-refractivity contribution in [3.63, 3.8) is 0 Å². The molecule has 0 spiro atoms. The molecule has 0 bridgehead atoms. The second kappa shape index (κ2) is 24.5. The van der Waals surface area contributed by atoms with Crippen molar-refractivity contribution in [1.82, 2.24) is 0 Å². The van der Waals surface area contributed by atoms with Gasteiger partial charge in [0, 0.05) is 12.2 Å². The van der Waals surface area contributed by atoms with Gasteiger partial charge >= 0.3 is 23.9 Å². The second-order valence-corrected chi connectivity index (χ2v) is 16.0. The Hall–Kier alpha value is -7.98. The molecule has 0 amide bonds. The van der Waals surface area contributed by atoms with E-state index in [1.54, 1.807) is 48.5 Å². The van der Waals surface area contributed by atoms with E-state index in [-0.39, 0.29) is 0 Å². The zero-order valence-electron chi connectivity index (χ0n) is 38.0. The number of esters is 4. The van der Waals surface area contributed by atoms with E-state index in [4.69, 9.17) is 28.4 Å². The number of ether oxygens (including phenoxy) is 6. The van der Waals surface area contributed by atoms with E-state index in [1.165, 1.54) is 0 Å². The molecule has 0 aliphatic rings. The Morgan fingerprint density at radius 3 is 1.00 bits per heavy atom. The fourth-order valence-electron chi connectivity index (χ4n) is 7.79. The van der Waals surface area contributed by atoms with Gasteiger partial charge in [0.2, 0.25) is 0 Å². The van der Waals surface area contributed by atoms with Crippen LogP contribution in [0.4, 0.5) is 0 Å². The third kappa shape index (κ3) is 13.1. The smallest absolute Gasteiger partial charge is 0.343 e. The highest BCUT2D eigenvalue weighted by molar-refractivity contribution is 6.21. The van der Waals surface area contributed by atoms with Gasteiger partial charge in [0.25, 0.3) is 0 Å². The predicted molar refractivity (Wildman–Crippen MR) is 265 cm³/mol. The van der Waals surface area contributed by atoms with Crippen LogP contribution in [0.3, 0.4) is 0 Å². The van der Waals surface area contributed by atoms with Gasteiger partial charge in [0.1, 0.15) is 23.0 Å². The summed E-state index contributed by atoms with van der Waals surface area (Å²) in [7, 11) is 0. The van der Waals surface area contributed by atoms with Gasteiger partial charge in [0.15, 0.2) is 0 Å². The van der Waals surface area contributed by atoms with Crippen LogP contribution in [0.1, 0.15) is 72.1 Å². The normalized spacial score (nSPS) is 10.8. The number of unbranched alkanes of at least 4 members (excludes halogenated alkanes) is 6. The van der Waals surface area contributed by atoms with Crippen LogP contribution < -0.4 is 18.9 Å². The Morgan fingerprint density at radius 1 is 0.368 bits per heavy atom. The summed E-state index contributed by atoms with van der Waals surface area (Å²) in [4.78, 5) is 48.5. The molecular weight excluding hydrogens is 857 g/mol. The van der Waals surface area contributed by atoms with Crippen molar-refractivity contribution in [1.29, 1.82) is 0 Å². The molecule has 0 aromatic heterocycles. The minimum Gasteiger partial charge on any atom is -0.494 e. The summed E-state index contributed by atoms with van der Waals surface area (Å²) >= 11 is 0. The molecule has 0 heterocycles. The van der Waals surface area contributed by atoms with Crippen molar-refractivity contribution in [2.24, 2.45) is 0 Å². The summed E-state index contributed by atoms with van der Waals surface area (Å²) in [5, 5.41) is 4.25. The van der Waals surface area contributed by atoms with Gasteiger partial charge in [-0.1, -0.05) is 86.0 Å². The van der Waals surface area contributed by atoms with Gasteiger partial charge in [-0.15, -0.1) is 0 Å². The lowest BCUT2D eigenvalue weighted by molar-refractivity contribution is -0.138. The highest BCUT2D eigenvalue weighted by atomic mass is 16.5. The van der Waals surface area contributed by atoms with Crippen LogP contribution in [-0.4, -0.2) is 50.3 Å². The van der Waals surface area contributed by atoms with Crippen molar-refractivity contribution in [3.8, 4) is 45.3 Å². The van der Waals surface area contributed by atoms with Crippen LogP contribution >= 0.6 is 0 Å². The number of hydrogen-bond acceptors (Lipinski definition) is 10. The molecule has 10 nitrogen and oxygen atoms in total. The van der Waals surface area contributed by atoms with Crippen molar-refractivity contribution < 1.29 is 47.6 Å². The first-order valence-corrected chi connectivity index (χ1v) is 22.9. The summed E-state index contributed by atoms with van der Waals surface area (Å²) in [6, 6.07) is 45.6. The Balaban J connectivity index is 0.954. The first kappa shape index (κ1) is 48.0. The van der Waals surface area contributed by atoms with E-state index in [2.05, 4.69) is 37.4 Å². The van der Waals surface area contributed by atoms with Crippen LogP contribution in [0.15, 0.2) is 171 Å². The predicted octanol–water partition coefficient (Wildman–Crippen LogP) is 13.1. The molecule has 0 fully saturated rings. The molecule has 0 N–H and O–H groups in total. The standard InChI is InChI=1S/C58H54O10/c1-3-53(59)65-39-15-7-5-13-37-63-45-29-25-43(26-30-45)57(61)67-47-33-21-41(22-34-47)55-49-17-9-11-19-51(49)56(52-20-12-10-18-50(52)55)42-23-35-48(36-24-42)68-58(62)44-27-31-46(32-28-44)64-38-14-6-8-16-40-66-54(60)4-2/h3-4,9-12,17-36H,1-2,5-8,13-16,37-40H2. The number of carbonyl (C=O) groups excluding carboxylic acids is 4. The Morgan fingerprint density at radius 2 is 0.676 bits per heavy atom. The van der Waals surface area contributed by atoms with Crippen LogP contribution in [0.5, 0.6) is 23.0 Å². The van der Waals surface area contributed by atoms with Crippen LogP contribution in [-0.2, 0) is 19.1 Å². The highest BCUT2D eigenvalue weighted by Crippen LogP contribution is 2.44. The lowest BCUT2D eigenvalue weighted by atomic mass is 9.86. The second-order valence-electron chi connectivity index (χ2n) is 16.0. The van der Waals surface area contributed by atoms with Gasteiger partial charge < -0.3 is 28.4 Å². The maximum absolute atomic E-state index is 13.1. The van der Waals surface area contributed by atoms with Crippen molar-refractivity contribution in [3.05, 3.63) is 182 Å². The topological polar surface area (TPSA) is 124 Å². The molecule has 0 atom stereocenters. The molecule has 0 radical (unpaired) electrons. The van der Waals surface area contributed by atoms with Crippen LogP contribution in [0.2, 0.25) is 0 Å². The summed E-state index contributed by atoms with van der Waals surface area (Å²) in [5.41, 5.74) is 4.89. The first-order chi connectivity index (χ1) is 33.3. The molecule has 0 aliphatic carbocycles. The van der Waals surface area contributed by atoms with E-state index in [0.29, 0.717) is 60.6 Å². The molecule has 10 heteroatoms. The maximum Gasteiger partial charge on any atom is 0.343 e. The third-order valence-corrected chi connectivity index (χ3v) is 11.3. The number of hydrogen-bond donors (Lipinski definition) is 0. The Labute approximate surface area is 396 Å².